The standard InChI is InChI=1S/C18H14ClNO2/c1-11-8-15(21)18-16(7-6-14(19)17(11)18)22-10-13-4-2-12(9-20)3-5-13/h2-7,11H,8,10H2,1H3/t11-/m1/s1. The maximum absolute atomic E-state index is 12.2. The number of hydrogen-bond donors (Lipinski definition) is 0. The van der Waals surface area contributed by atoms with E-state index in [9.17, 15) is 4.79 Å². The van der Waals surface area contributed by atoms with E-state index in [4.69, 9.17) is 21.6 Å². The van der Waals surface area contributed by atoms with Crippen LogP contribution in [0.4, 0.5) is 0 Å². The maximum Gasteiger partial charge on any atom is 0.167 e. The molecule has 1 aliphatic rings. The van der Waals surface area contributed by atoms with Gasteiger partial charge in [-0.1, -0.05) is 30.7 Å². The predicted octanol–water partition coefficient (Wildman–Crippen LogP) is 4.48. The average molecular weight is 312 g/mol. The molecule has 0 saturated heterocycles. The Kier molecular flexibility index (Phi) is 3.87. The number of nitrogens with zero attached hydrogens (tertiary/aromatic N) is 1. The third-order valence-electron chi connectivity index (χ3n) is 3.89. The molecule has 0 N–H and O–H groups in total. The highest BCUT2D eigenvalue weighted by Gasteiger charge is 2.31. The first-order chi connectivity index (χ1) is 10.6. The smallest absolute Gasteiger partial charge is 0.167 e. The minimum Gasteiger partial charge on any atom is -0.488 e. The second-order valence-corrected chi connectivity index (χ2v) is 5.87. The van der Waals surface area contributed by atoms with Gasteiger partial charge in [0.2, 0.25) is 0 Å². The van der Waals surface area contributed by atoms with E-state index in [1.54, 1.807) is 24.3 Å². The van der Waals surface area contributed by atoms with Gasteiger partial charge in [0.15, 0.2) is 5.78 Å². The fourth-order valence-corrected chi connectivity index (χ4v) is 3.13. The highest BCUT2D eigenvalue weighted by Crippen LogP contribution is 2.42. The van der Waals surface area contributed by atoms with E-state index >= 15 is 0 Å². The number of carbonyl (C=O) groups is 1. The lowest BCUT2D eigenvalue weighted by Gasteiger charge is -2.12. The monoisotopic (exact) mass is 311 g/mol. The molecule has 2 aromatic rings. The summed E-state index contributed by atoms with van der Waals surface area (Å²) in [7, 11) is 0. The van der Waals surface area contributed by atoms with Crippen molar-refractivity contribution in [3.8, 4) is 11.8 Å². The number of ketones is 1. The first-order valence-electron chi connectivity index (χ1n) is 7.07. The highest BCUT2D eigenvalue weighted by molar-refractivity contribution is 6.32. The second kappa shape index (κ2) is 5.82. The van der Waals surface area contributed by atoms with Crippen LogP contribution in [0.25, 0.3) is 0 Å². The van der Waals surface area contributed by atoms with Gasteiger partial charge in [0.05, 0.1) is 17.2 Å². The van der Waals surface area contributed by atoms with Crippen LogP contribution in [0, 0.1) is 11.3 Å². The molecular formula is C18H14ClNO2. The SMILES string of the molecule is C[C@@H]1CC(=O)c2c(OCc3ccc(C#N)cc3)ccc(Cl)c21. The summed E-state index contributed by atoms with van der Waals surface area (Å²) in [6.07, 6.45) is 0.478. The Hall–Kier alpha value is -2.31. The molecule has 0 aliphatic heterocycles. The molecule has 3 nitrogen and oxygen atoms in total. The third-order valence-corrected chi connectivity index (χ3v) is 4.22. The molecule has 0 aromatic heterocycles. The number of rotatable bonds is 3. The van der Waals surface area contributed by atoms with E-state index < -0.39 is 0 Å². The van der Waals surface area contributed by atoms with Gasteiger partial charge in [-0.3, -0.25) is 4.79 Å². The zero-order chi connectivity index (χ0) is 15.7. The van der Waals surface area contributed by atoms with Crippen molar-refractivity contribution in [1.82, 2.24) is 0 Å². The van der Waals surface area contributed by atoms with Crippen molar-refractivity contribution in [3.63, 3.8) is 0 Å². The van der Waals surface area contributed by atoms with E-state index in [1.165, 1.54) is 0 Å². The van der Waals surface area contributed by atoms with Gasteiger partial charge in [0, 0.05) is 11.4 Å². The summed E-state index contributed by atoms with van der Waals surface area (Å²) in [5, 5.41) is 9.42. The minimum absolute atomic E-state index is 0.0832. The van der Waals surface area contributed by atoms with Crippen molar-refractivity contribution in [2.24, 2.45) is 0 Å². The molecule has 0 amide bonds. The quantitative estimate of drug-likeness (QED) is 0.839. The molecular weight excluding hydrogens is 298 g/mol. The summed E-state index contributed by atoms with van der Waals surface area (Å²) in [5.74, 6) is 0.798. The summed E-state index contributed by atoms with van der Waals surface area (Å²) in [6.45, 7) is 2.35. The summed E-state index contributed by atoms with van der Waals surface area (Å²) in [6, 6.07) is 12.8. The van der Waals surface area contributed by atoms with Crippen molar-refractivity contribution in [3.05, 3.63) is 63.7 Å². The van der Waals surface area contributed by atoms with Gasteiger partial charge in [0.25, 0.3) is 0 Å². The van der Waals surface area contributed by atoms with E-state index in [2.05, 4.69) is 6.07 Å². The van der Waals surface area contributed by atoms with E-state index in [0.717, 1.165) is 11.1 Å². The molecule has 1 aliphatic carbocycles. The van der Waals surface area contributed by atoms with Crippen LogP contribution in [0.2, 0.25) is 5.02 Å². The lowest BCUT2D eigenvalue weighted by atomic mass is 10.0. The van der Waals surface area contributed by atoms with Gasteiger partial charge < -0.3 is 4.74 Å². The molecule has 2 aromatic carbocycles. The molecule has 0 bridgehead atoms. The van der Waals surface area contributed by atoms with E-state index in [0.29, 0.717) is 34.9 Å². The van der Waals surface area contributed by atoms with Crippen LogP contribution in [0.1, 0.15) is 46.3 Å². The van der Waals surface area contributed by atoms with Crippen molar-refractivity contribution in [1.29, 1.82) is 5.26 Å². The number of carbonyl (C=O) groups excluding carboxylic acids is 1. The molecule has 3 rings (SSSR count). The van der Waals surface area contributed by atoms with Gasteiger partial charge in [-0.25, -0.2) is 0 Å². The normalized spacial score (nSPS) is 16.2. The minimum atomic E-state index is 0.0832. The van der Waals surface area contributed by atoms with Gasteiger partial charge in [-0.15, -0.1) is 0 Å². The van der Waals surface area contributed by atoms with Crippen LogP contribution in [-0.4, -0.2) is 5.78 Å². The molecule has 0 fully saturated rings. The topological polar surface area (TPSA) is 50.1 Å². The van der Waals surface area contributed by atoms with Crippen LogP contribution < -0.4 is 4.74 Å². The number of ether oxygens (including phenoxy) is 1. The summed E-state index contributed by atoms with van der Waals surface area (Å²) in [4.78, 5) is 12.2. The zero-order valence-corrected chi connectivity index (χ0v) is 12.9. The highest BCUT2D eigenvalue weighted by atomic mass is 35.5. The van der Waals surface area contributed by atoms with Crippen LogP contribution in [-0.2, 0) is 6.61 Å². The Labute approximate surface area is 134 Å². The van der Waals surface area contributed by atoms with Crippen LogP contribution >= 0.6 is 11.6 Å². The number of Topliss-reactive ketones (excluding diaryl/α,β-unsaturated/α-hetero) is 1. The van der Waals surface area contributed by atoms with Crippen molar-refractivity contribution in [2.45, 2.75) is 25.9 Å². The predicted molar refractivity (Wildman–Crippen MR) is 84.3 cm³/mol. The van der Waals surface area contributed by atoms with Gasteiger partial charge in [0.1, 0.15) is 12.4 Å². The molecule has 0 heterocycles. The Morgan fingerprint density at radius 1 is 1.27 bits per heavy atom. The molecule has 0 spiro atoms. The lowest BCUT2D eigenvalue weighted by molar-refractivity contribution is 0.0986. The number of fused-ring (bicyclic) bond motifs is 1. The van der Waals surface area contributed by atoms with E-state index in [-0.39, 0.29) is 11.7 Å². The Morgan fingerprint density at radius 2 is 2.00 bits per heavy atom. The number of hydrogen-bond acceptors (Lipinski definition) is 3. The fraction of sp³-hybridized carbons (Fsp3) is 0.222. The second-order valence-electron chi connectivity index (χ2n) is 5.46. The number of halogens is 1. The van der Waals surface area contributed by atoms with Crippen LogP contribution in [0.3, 0.4) is 0 Å². The summed E-state index contributed by atoms with van der Waals surface area (Å²) >= 11 is 6.21. The van der Waals surface area contributed by atoms with Crippen LogP contribution in [0.15, 0.2) is 36.4 Å². The maximum atomic E-state index is 12.2. The molecule has 0 unspecified atom stereocenters. The molecule has 0 saturated carbocycles. The lowest BCUT2D eigenvalue weighted by Crippen LogP contribution is -2.02. The first-order valence-corrected chi connectivity index (χ1v) is 7.45. The Bertz CT molecular complexity index is 775. The van der Waals surface area contributed by atoms with Gasteiger partial charge in [-0.2, -0.15) is 5.26 Å². The zero-order valence-electron chi connectivity index (χ0n) is 12.1. The molecule has 0 radical (unpaired) electrons. The Balaban J connectivity index is 1.85. The largest absolute Gasteiger partial charge is 0.488 e. The Morgan fingerprint density at radius 3 is 2.68 bits per heavy atom. The number of benzene rings is 2. The van der Waals surface area contributed by atoms with Crippen molar-refractivity contribution in [2.75, 3.05) is 0 Å². The van der Waals surface area contributed by atoms with Crippen molar-refractivity contribution < 1.29 is 9.53 Å². The fourth-order valence-electron chi connectivity index (χ4n) is 2.78. The van der Waals surface area contributed by atoms with E-state index in [1.807, 2.05) is 19.1 Å². The number of nitriles is 1. The third kappa shape index (κ3) is 2.58. The van der Waals surface area contributed by atoms with Gasteiger partial charge in [-0.05, 0) is 41.3 Å². The molecule has 110 valence electrons. The summed E-state index contributed by atoms with van der Waals surface area (Å²) in [5.41, 5.74) is 3.07. The molecule has 22 heavy (non-hydrogen) atoms. The van der Waals surface area contributed by atoms with Crippen LogP contribution in [0.5, 0.6) is 5.75 Å². The average Bonchev–Trinajstić information content (AvgIpc) is 2.83. The molecule has 1 atom stereocenters. The van der Waals surface area contributed by atoms with Crippen molar-refractivity contribution >= 4 is 17.4 Å². The molecule has 4 heteroatoms. The summed E-state index contributed by atoms with van der Waals surface area (Å²) < 4.78 is 5.82. The first kappa shape index (κ1) is 14.6. The van der Waals surface area contributed by atoms with Gasteiger partial charge >= 0.3 is 0 Å².